The molecule has 0 radical (unpaired) electrons. The maximum absolute atomic E-state index is 13.2. The van der Waals surface area contributed by atoms with Gasteiger partial charge in [0, 0.05) is 11.1 Å². The van der Waals surface area contributed by atoms with Gasteiger partial charge in [-0.1, -0.05) is 60.7 Å². The van der Waals surface area contributed by atoms with E-state index in [9.17, 15) is 12.8 Å². The van der Waals surface area contributed by atoms with Gasteiger partial charge >= 0.3 is 0 Å². The predicted octanol–water partition coefficient (Wildman–Crippen LogP) is 2.50. The van der Waals surface area contributed by atoms with Crippen LogP contribution in [0.2, 0.25) is 0 Å². The first-order chi connectivity index (χ1) is 14.1. The van der Waals surface area contributed by atoms with Crippen LogP contribution in [-0.2, 0) is 10.0 Å². The van der Waals surface area contributed by atoms with Gasteiger partial charge in [-0.25, -0.2) is 12.8 Å². The van der Waals surface area contributed by atoms with Gasteiger partial charge in [0.2, 0.25) is 10.0 Å². The number of sulfonamides is 1. The molecule has 1 aliphatic rings. The van der Waals surface area contributed by atoms with E-state index in [-0.39, 0.29) is 10.9 Å². The van der Waals surface area contributed by atoms with Crippen LogP contribution in [0.25, 0.3) is 0 Å². The van der Waals surface area contributed by atoms with Gasteiger partial charge in [-0.2, -0.15) is 4.31 Å². The highest BCUT2D eigenvalue weighted by Crippen LogP contribution is 2.21. The molecule has 3 aromatic carbocycles. The van der Waals surface area contributed by atoms with Crippen LogP contribution in [0.1, 0.15) is 17.2 Å². The fraction of sp³-hybridized carbons (Fsp3) is 0.217. The van der Waals surface area contributed by atoms with E-state index in [4.69, 9.17) is 0 Å². The summed E-state index contributed by atoms with van der Waals surface area (Å²) in [7, 11) is -3.60. The zero-order valence-corrected chi connectivity index (χ0v) is 16.9. The van der Waals surface area contributed by atoms with Crippen molar-refractivity contribution in [2.45, 2.75) is 10.9 Å². The molecule has 1 saturated heterocycles. The van der Waals surface area contributed by atoms with Crippen molar-refractivity contribution in [2.75, 3.05) is 26.2 Å². The minimum absolute atomic E-state index is 0.144. The van der Waals surface area contributed by atoms with Crippen LogP contribution in [-0.4, -0.2) is 38.9 Å². The van der Waals surface area contributed by atoms with E-state index < -0.39 is 15.8 Å². The number of nitrogens with one attached hydrogen (secondary N) is 1. The van der Waals surface area contributed by atoms with Crippen molar-refractivity contribution in [3.8, 4) is 0 Å². The Bertz CT molecular complexity index is 994. The number of rotatable bonds is 5. The second kappa shape index (κ2) is 8.45. The van der Waals surface area contributed by atoms with Crippen LogP contribution in [0.5, 0.6) is 0 Å². The molecule has 29 heavy (non-hydrogen) atoms. The highest BCUT2D eigenvalue weighted by Gasteiger charge is 2.34. The Balaban J connectivity index is 1.55. The molecule has 0 saturated carbocycles. The van der Waals surface area contributed by atoms with Crippen LogP contribution in [0.3, 0.4) is 0 Å². The lowest BCUT2D eigenvalue weighted by atomic mass is 9.96. The summed E-state index contributed by atoms with van der Waals surface area (Å²) in [4.78, 5) is 1.48. The van der Waals surface area contributed by atoms with Crippen molar-refractivity contribution in [2.24, 2.45) is 0 Å². The van der Waals surface area contributed by atoms with Crippen molar-refractivity contribution >= 4 is 10.0 Å². The van der Waals surface area contributed by atoms with Gasteiger partial charge in [0.05, 0.1) is 31.1 Å². The smallest absolute Gasteiger partial charge is 0.243 e. The molecule has 0 aliphatic carbocycles. The van der Waals surface area contributed by atoms with Crippen molar-refractivity contribution in [1.29, 1.82) is 0 Å². The van der Waals surface area contributed by atoms with E-state index in [1.54, 1.807) is 0 Å². The molecular weight excluding hydrogens is 387 g/mol. The molecule has 6 heteroatoms. The van der Waals surface area contributed by atoms with Crippen LogP contribution in [0.15, 0.2) is 89.8 Å². The first-order valence-electron chi connectivity index (χ1n) is 9.76. The van der Waals surface area contributed by atoms with E-state index in [1.807, 2.05) is 36.4 Å². The third-order valence-corrected chi connectivity index (χ3v) is 7.40. The highest BCUT2D eigenvalue weighted by atomic mass is 32.2. The lowest BCUT2D eigenvalue weighted by Crippen LogP contribution is -3.15. The molecule has 0 spiro atoms. The molecule has 1 heterocycles. The second-order valence-corrected chi connectivity index (χ2v) is 9.21. The van der Waals surface area contributed by atoms with E-state index in [1.165, 1.54) is 44.6 Å². The Labute approximate surface area is 171 Å². The number of quaternary nitrogens is 1. The molecule has 4 nitrogen and oxygen atoms in total. The van der Waals surface area contributed by atoms with E-state index in [2.05, 4.69) is 24.3 Å². The Morgan fingerprint density at radius 3 is 1.72 bits per heavy atom. The summed E-state index contributed by atoms with van der Waals surface area (Å²) in [6, 6.07) is 25.9. The van der Waals surface area contributed by atoms with Gasteiger partial charge < -0.3 is 4.90 Å². The Hall–Kier alpha value is -2.54. The molecule has 1 N–H and O–H groups in total. The van der Waals surface area contributed by atoms with Gasteiger partial charge in [0.25, 0.3) is 0 Å². The maximum atomic E-state index is 13.2. The molecule has 0 bridgehead atoms. The molecule has 0 amide bonds. The summed E-state index contributed by atoms with van der Waals surface area (Å²) in [6.45, 7) is 2.28. The fourth-order valence-corrected chi connectivity index (χ4v) is 5.45. The van der Waals surface area contributed by atoms with E-state index in [0.717, 1.165) is 0 Å². The number of hydrogen-bond acceptors (Lipinski definition) is 2. The normalized spacial score (nSPS) is 16.2. The minimum Gasteiger partial charge on any atom is -0.323 e. The first-order valence-corrected chi connectivity index (χ1v) is 11.2. The number of benzene rings is 3. The summed E-state index contributed by atoms with van der Waals surface area (Å²) in [5.41, 5.74) is 2.45. The molecule has 0 aromatic heterocycles. The van der Waals surface area contributed by atoms with Crippen molar-refractivity contribution < 1.29 is 17.7 Å². The molecule has 150 valence electrons. The minimum atomic E-state index is -3.60. The second-order valence-electron chi connectivity index (χ2n) is 7.27. The molecule has 1 aliphatic heterocycles. The Kier molecular flexibility index (Phi) is 5.76. The molecule has 0 atom stereocenters. The molecule has 4 rings (SSSR count). The van der Waals surface area contributed by atoms with Gasteiger partial charge in [-0.05, 0) is 24.3 Å². The summed E-state index contributed by atoms with van der Waals surface area (Å²) in [5, 5.41) is 0. The van der Waals surface area contributed by atoms with Crippen LogP contribution in [0, 0.1) is 5.82 Å². The number of nitrogens with zero attached hydrogens (tertiary/aromatic N) is 1. The van der Waals surface area contributed by atoms with Gasteiger partial charge in [0.15, 0.2) is 0 Å². The Morgan fingerprint density at radius 2 is 1.24 bits per heavy atom. The monoisotopic (exact) mass is 411 g/mol. The maximum Gasteiger partial charge on any atom is 0.243 e. The third kappa shape index (κ3) is 4.24. The van der Waals surface area contributed by atoms with Crippen LogP contribution >= 0.6 is 0 Å². The summed E-state index contributed by atoms with van der Waals surface area (Å²) in [5.74, 6) is -0.438. The van der Waals surface area contributed by atoms with E-state index in [0.29, 0.717) is 26.2 Å². The average molecular weight is 412 g/mol. The molecule has 1 fully saturated rings. The molecule has 0 unspecified atom stereocenters. The van der Waals surface area contributed by atoms with Crippen molar-refractivity contribution in [3.63, 3.8) is 0 Å². The molecule has 3 aromatic rings. The SMILES string of the molecule is O=S(=O)(c1ccc(F)cc1)N1CC[NH+](C(c2ccccc2)c2ccccc2)CC1. The lowest BCUT2D eigenvalue weighted by molar-refractivity contribution is -0.929. The predicted molar refractivity (Wildman–Crippen MR) is 111 cm³/mol. The molecular formula is C23H24FN2O2S+. The van der Waals surface area contributed by atoms with Gasteiger partial charge in [-0.15, -0.1) is 0 Å². The number of piperazine rings is 1. The quantitative estimate of drug-likeness (QED) is 0.701. The Morgan fingerprint density at radius 1 is 0.759 bits per heavy atom. The van der Waals surface area contributed by atoms with Crippen molar-refractivity contribution in [1.82, 2.24) is 4.31 Å². The third-order valence-electron chi connectivity index (χ3n) is 5.49. The number of hydrogen-bond donors (Lipinski definition) is 1. The summed E-state index contributed by atoms with van der Waals surface area (Å²) in [6.07, 6.45) is 0. The zero-order chi connectivity index (χ0) is 20.3. The van der Waals surface area contributed by atoms with Crippen LogP contribution in [0.4, 0.5) is 4.39 Å². The highest BCUT2D eigenvalue weighted by molar-refractivity contribution is 7.89. The summed E-state index contributed by atoms with van der Waals surface area (Å²) < 4.78 is 40.5. The van der Waals surface area contributed by atoms with Crippen LogP contribution < -0.4 is 4.90 Å². The van der Waals surface area contributed by atoms with Crippen molar-refractivity contribution in [3.05, 3.63) is 102 Å². The standard InChI is InChI=1S/C23H23FN2O2S/c24-21-11-13-22(14-12-21)29(27,28)26-17-15-25(16-18-26)23(19-7-3-1-4-8-19)20-9-5-2-6-10-20/h1-14,23H,15-18H2/p+1. The largest absolute Gasteiger partial charge is 0.323 e. The lowest BCUT2D eigenvalue weighted by Gasteiger charge is -2.36. The summed E-state index contributed by atoms with van der Waals surface area (Å²) >= 11 is 0. The van der Waals surface area contributed by atoms with Gasteiger partial charge in [0.1, 0.15) is 11.9 Å². The zero-order valence-electron chi connectivity index (χ0n) is 16.0. The fourth-order valence-electron chi connectivity index (χ4n) is 4.01. The number of halogens is 1. The topological polar surface area (TPSA) is 41.8 Å². The van der Waals surface area contributed by atoms with E-state index >= 15 is 0 Å². The average Bonchev–Trinajstić information content (AvgIpc) is 2.76. The van der Waals surface area contributed by atoms with Gasteiger partial charge in [-0.3, -0.25) is 0 Å². The first kappa shape index (κ1) is 19.8.